The molecule has 43 heavy (non-hydrogen) atoms. The van der Waals surface area contributed by atoms with E-state index in [1.54, 1.807) is 33.7 Å². The fourth-order valence-corrected chi connectivity index (χ4v) is 5.89. The first-order valence-corrected chi connectivity index (χ1v) is 15.0. The van der Waals surface area contributed by atoms with Gasteiger partial charge in [-0.1, -0.05) is 55.8 Å². The molecule has 0 N–H and O–H groups in total. The Morgan fingerprint density at radius 3 is 2.33 bits per heavy atom. The maximum Gasteiger partial charge on any atom is 0.410 e. The monoisotopic (exact) mass is 605 g/mol. The van der Waals surface area contributed by atoms with Gasteiger partial charge in [-0.15, -0.1) is 0 Å². The van der Waals surface area contributed by atoms with Crippen molar-refractivity contribution < 1.29 is 13.9 Å². The van der Waals surface area contributed by atoms with E-state index in [0.29, 0.717) is 49.3 Å². The molecular weight excluding hydrogens is 569 g/mol. The van der Waals surface area contributed by atoms with E-state index >= 15 is 0 Å². The van der Waals surface area contributed by atoms with E-state index in [2.05, 4.69) is 4.98 Å². The molecule has 5 rings (SSSR count). The summed E-state index contributed by atoms with van der Waals surface area (Å²) < 4.78 is 22.1. The molecule has 2 aromatic heterocycles. The molecule has 0 unspecified atom stereocenters. The second-order valence-electron chi connectivity index (χ2n) is 11.8. The quantitative estimate of drug-likeness (QED) is 0.249. The average Bonchev–Trinajstić information content (AvgIpc) is 2.96. The number of hydrogen-bond donors (Lipinski definition) is 0. The number of nitrogens with zero attached hydrogens (tertiary/aromatic N) is 5. The molecule has 1 aliphatic rings. The lowest BCUT2D eigenvalue weighted by Gasteiger charge is -2.41. The number of ether oxygens (including phenoxy) is 1. The molecule has 1 amide bonds. The Morgan fingerprint density at radius 1 is 1.05 bits per heavy atom. The molecule has 226 valence electrons. The van der Waals surface area contributed by atoms with Crippen molar-refractivity contribution in [2.45, 2.75) is 66.0 Å². The van der Waals surface area contributed by atoms with Crippen LogP contribution in [0.4, 0.5) is 15.0 Å². The Morgan fingerprint density at radius 2 is 1.72 bits per heavy atom. The van der Waals surface area contributed by atoms with Crippen molar-refractivity contribution in [3.63, 3.8) is 0 Å². The molecular formula is C33H37ClFN5O3. The number of halogens is 2. The molecule has 4 aromatic rings. The van der Waals surface area contributed by atoms with Crippen LogP contribution < -0.4 is 10.6 Å². The Balaban J connectivity index is 1.72. The maximum absolute atomic E-state index is 15.0. The number of carbonyl (C=O) groups excluding carboxylic acids is 1. The smallest absolute Gasteiger partial charge is 0.410 e. The number of benzene rings is 2. The van der Waals surface area contributed by atoms with Crippen molar-refractivity contribution in [2.24, 2.45) is 0 Å². The Hall–Kier alpha value is -3.98. The molecule has 0 spiro atoms. The summed E-state index contributed by atoms with van der Waals surface area (Å²) in [4.78, 5) is 40.0. The van der Waals surface area contributed by atoms with Crippen molar-refractivity contribution in [3.05, 3.63) is 81.0 Å². The summed E-state index contributed by atoms with van der Waals surface area (Å²) in [6.07, 6.45) is 1.00. The Kier molecular flexibility index (Phi) is 8.47. The van der Waals surface area contributed by atoms with Gasteiger partial charge in [-0.3, -0.25) is 0 Å². The number of piperazine rings is 1. The van der Waals surface area contributed by atoms with Gasteiger partial charge in [-0.05, 0) is 69.9 Å². The molecule has 1 atom stereocenters. The minimum atomic E-state index is -0.607. The third kappa shape index (κ3) is 5.95. The number of pyridine rings is 1. The van der Waals surface area contributed by atoms with E-state index < -0.39 is 17.1 Å². The molecule has 10 heteroatoms. The summed E-state index contributed by atoms with van der Waals surface area (Å²) in [6, 6.07) is 13.8. The summed E-state index contributed by atoms with van der Waals surface area (Å²) in [6.45, 7) is 12.7. The normalized spacial score (nSPS) is 15.7. The average molecular weight is 606 g/mol. The number of rotatable bonds is 5. The van der Waals surface area contributed by atoms with Gasteiger partial charge in [0.05, 0.1) is 21.8 Å². The number of anilines is 1. The highest BCUT2D eigenvalue weighted by molar-refractivity contribution is 6.33. The van der Waals surface area contributed by atoms with Crippen molar-refractivity contribution >= 4 is 34.5 Å². The van der Waals surface area contributed by atoms with E-state index in [4.69, 9.17) is 21.3 Å². The maximum atomic E-state index is 15.0. The van der Waals surface area contributed by atoms with E-state index in [1.165, 1.54) is 6.07 Å². The summed E-state index contributed by atoms with van der Waals surface area (Å²) in [7, 11) is 0. The van der Waals surface area contributed by atoms with E-state index in [9.17, 15) is 14.0 Å². The third-order valence-corrected chi connectivity index (χ3v) is 7.96. The lowest BCUT2D eigenvalue weighted by molar-refractivity contribution is 0.0218. The Labute approximate surface area is 256 Å². The number of aryl methyl sites for hydroxylation is 2. The highest BCUT2D eigenvalue weighted by Crippen LogP contribution is 2.36. The van der Waals surface area contributed by atoms with Gasteiger partial charge in [0.25, 0.3) is 0 Å². The fraction of sp³-hybridized carbons (Fsp3) is 0.394. The van der Waals surface area contributed by atoms with Crippen LogP contribution in [0.2, 0.25) is 5.02 Å². The molecule has 1 saturated heterocycles. The molecule has 3 heterocycles. The van der Waals surface area contributed by atoms with Gasteiger partial charge in [0, 0.05) is 31.2 Å². The number of para-hydroxylation sites is 1. The molecule has 0 radical (unpaired) electrons. The van der Waals surface area contributed by atoms with Gasteiger partial charge in [-0.2, -0.15) is 4.98 Å². The van der Waals surface area contributed by atoms with Crippen molar-refractivity contribution in [2.75, 3.05) is 24.5 Å². The van der Waals surface area contributed by atoms with E-state index in [1.807, 2.05) is 64.6 Å². The number of fused-ring (bicyclic) bond motifs is 1. The summed E-state index contributed by atoms with van der Waals surface area (Å²) in [5.74, 6) is -0.0383. The van der Waals surface area contributed by atoms with E-state index in [-0.39, 0.29) is 28.4 Å². The Bertz CT molecular complexity index is 1730. The summed E-state index contributed by atoms with van der Waals surface area (Å²) in [5, 5.41) is 0.806. The molecule has 0 saturated carbocycles. The van der Waals surface area contributed by atoms with Gasteiger partial charge in [0.1, 0.15) is 17.2 Å². The standard InChI is InChI=1S/C33H37ClFN5O3/c1-7-21-12-11-13-22(8-2)28(21)40-30-24(18-25(34)27(36-30)23-14-9-10-15-26(23)35)29(37-31(40)41)39-17-16-38(19-20(39)3)32(42)43-33(4,5)6/h9-15,18,20H,7-8,16-17,19H2,1-6H3/t20-/m0/s1. The van der Waals surface area contributed by atoms with Crippen LogP contribution in [-0.4, -0.2) is 56.8 Å². The minimum absolute atomic E-state index is 0.189. The molecule has 0 bridgehead atoms. The van der Waals surface area contributed by atoms with Crippen molar-refractivity contribution in [3.8, 4) is 16.9 Å². The predicted molar refractivity (Wildman–Crippen MR) is 169 cm³/mol. The van der Waals surface area contributed by atoms with Crippen LogP contribution in [0.15, 0.2) is 53.3 Å². The second kappa shape index (κ2) is 12.0. The molecule has 2 aromatic carbocycles. The van der Waals surface area contributed by atoms with Crippen LogP contribution in [0.5, 0.6) is 0 Å². The number of carbonyl (C=O) groups is 1. The first-order chi connectivity index (χ1) is 20.4. The van der Waals surface area contributed by atoms with Crippen LogP contribution in [0, 0.1) is 5.82 Å². The molecule has 1 fully saturated rings. The topological polar surface area (TPSA) is 80.6 Å². The largest absolute Gasteiger partial charge is 0.444 e. The predicted octanol–water partition coefficient (Wildman–Crippen LogP) is 6.81. The van der Waals surface area contributed by atoms with Gasteiger partial charge in [-0.25, -0.2) is 23.5 Å². The first-order valence-electron chi connectivity index (χ1n) is 14.7. The molecule has 8 nitrogen and oxygen atoms in total. The molecule has 0 aliphatic carbocycles. The zero-order chi connectivity index (χ0) is 31.1. The SMILES string of the molecule is CCc1cccc(CC)c1-n1c(=O)nc(N2CCN(C(=O)OC(C)(C)C)C[C@@H]2C)c2cc(Cl)c(-c3ccccc3F)nc21. The van der Waals surface area contributed by atoms with E-state index in [0.717, 1.165) is 16.8 Å². The van der Waals surface area contributed by atoms with Crippen LogP contribution in [0.25, 0.3) is 28.0 Å². The zero-order valence-electron chi connectivity index (χ0n) is 25.4. The van der Waals surface area contributed by atoms with Crippen molar-refractivity contribution in [1.29, 1.82) is 0 Å². The lowest BCUT2D eigenvalue weighted by Crippen LogP contribution is -2.55. The van der Waals surface area contributed by atoms with Gasteiger partial charge in [0.2, 0.25) is 0 Å². The fourth-order valence-electron chi connectivity index (χ4n) is 5.64. The second-order valence-corrected chi connectivity index (χ2v) is 12.2. The van der Waals surface area contributed by atoms with Gasteiger partial charge < -0.3 is 14.5 Å². The lowest BCUT2D eigenvalue weighted by atomic mass is 10.0. The van der Waals surface area contributed by atoms with Crippen LogP contribution >= 0.6 is 11.6 Å². The molecule has 1 aliphatic heterocycles. The van der Waals surface area contributed by atoms with Crippen LogP contribution in [-0.2, 0) is 17.6 Å². The van der Waals surface area contributed by atoms with Crippen LogP contribution in [0.3, 0.4) is 0 Å². The van der Waals surface area contributed by atoms with Gasteiger partial charge >= 0.3 is 11.8 Å². The number of amides is 1. The number of hydrogen-bond acceptors (Lipinski definition) is 6. The highest BCUT2D eigenvalue weighted by Gasteiger charge is 2.32. The minimum Gasteiger partial charge on any atom is -0.444 e. The third-order valence-electron chi connectivity index (χ3n) is 7.67. The highest BCUT2D eigenvalue weighted by atomic mass is 35.5. The van der Waals surface area contributed by atoms with Crippen LogP contribution in [0.1, 0.15) is 52.7 Å². The number of aromatic nitrogens is 3. The van der Waals surface area contributed by atoms with Gasteiger partial charge in [0.15, 0.2) is 5.65 Å². The zero-order valence-corrected chi connectivity index (χ0v) is 26.2. The first kappa shape index (κ1) is 30.5. The van der Waals surface area contributed by atoms with Crippen molar-refractivity contribution in [1.82, 2.24) is 19.4 Å². The summed E-state index contributed by atoms with van der Waals surface area (Å²) in [5.41, 5.74) is 2.41. The summed E-state index contributed by atoms with van der Waals surface area (Å²) >= 11 is 6.81.